The van der Waals surface area contributed by atoms with E-state index in [0.717, 1.165) is 32.1 Å². The van der Waals surface area contributed by atoms with Crippen molar-refractivity contribution in [3.8, 4) is 0 Å². The summed E-state index contributed by atoms with van der Waals surface area (Å²) in [4.78, 5) is 12.3. The first-order valence-electron chi connectivity index (χ1n) is 19.1. The Hall–Kier alpha value is -1.13. The van der Waals surface area contributed by atoms with Crippen molar-refractivity contribution in [1.29, 1.82) is 0 Å². The molecule has 0 aromatic carbocycles. The molecule has 0 aliphatic heterocycles. The molecule has 0 saturated heterocycles. The fourth-order valence-corrected chi connectivity index (χ4v) is 5.72. The Morgan fingerprint density at radius 2 is 0.907 bits per heavy atom. The molecule has 0 aliphatic carbocycles. The summed E-state index contributed by atoms with van der Waals surface area (Å²) in [6.45, 7) is 4.26. The number of hydrogen-bond acceptors (Lipinski definition) is 3. The monoisotopic (exact) mass is 606 g/mol. The van der Waals surface area contributed by atoms with Crippen molar-refractivity contribution in [2.75, 3.05) is 6.61 Å². The molecule has 0 radical (unpaired) electrons. The first-order chi connectivity index (χ1) is 21.2. The third kappa shape index (κ3) is 32.1. The molecular formula is C39H75NO3. The lowest BCUT2D eigenvalue weighted by atomic mass is 10.0. The molecule has 1 amide bonds. The van der Waals surface area contributed by atoms with Gasteiger partial charge in [-0.25, -0.2) is 0 Å². The highest BCUT2D eigenvalue weighted by Gasteiger charge is 2.17. The number of aliphatic hydroxyl groups is 2. The van der Waals surface area contributed by atoms with Crippen LogP contribution in [0.25, 0.3) is 0 Å². The summed E-state index contributed by atoms with van der Waals surface area (Å²) in [5.74, 6) is -0.0738. The standard InChI is InChI=1S/C39H75NO3/c1-3-5-7-9-11-13-15-16-17-18-19-20-21-22-23-24-25-27-29-31-33-35-39(43)40-37(36-41)38(42)34-32-30-28-26-14-12-10-8-6-4-2/h14,26,32,34,37-38,41-42H,3-13,15-25,27-31,33,35-36H2,1-2H3,(H,40,43)/b26-14+,34-32+/t37-,38+/m0/s1. The van der Waals surface area contributed by atoms with E-state index in [0.29, 0.717) is 6.42 Å². The molecule has 0 aromatic rings. The van der Waals surface area contributed by atoms with Crippen LogP contribution in [-0.4, -0.2) is 34.9 Å². The summed E-state index contributed by atoms with van der Waals surface area (Å²) in [5, 5.41) is 22.8. The molecule has 0 saturated carbocycles. The lowest BCUT2D eigenvalue weighted by molar-refractivity contribution is -0.123. The van der Waals surface area contributed by atoms with Gasteiger partial charge in [-0.2, -0.15) is 0 Å². The number of unbranched alkanes of at least 4 members (excludes halogenated alkanes) is 25. The van der Waals surface area contributed by atoms with Crippen molar-refractivity contribution in [2.24, 2.45) is 0 Å². The lowest BCUT2D eigenvalue weighted by Crippen LogP contribution is -2.45. The first kappa shape index (κ1) is 41.9. The Morgan fingerprint density at radius 1 is 0.535 bits per heavy atom. The molecule has 0 heterocycles. The first-order valence-corrected chi connectivity index (χ1v) is 19.1. The Bertz CT molecular complexity index is 618. The van der Waals surface area contributed by atoms with Crippen LogP contribution in [0.5, 0.6) is 0 Å². The fourth-order valence-electron chi connectivity index (χ4n) is 5.72. The summed E-state index contributed by atoms with van der Waals surface area (Å²) in [5.41, 5.74) is 0. The summed E-state index contributed by atoms with van der Waals surface area (Å²) >= 11 is 0. The van der Waals surface area contributed by atoms with E-state index in [-0.39, 0.29) is 12.5 Å². The van der Waals surface area contributed by atoms with Crippen molar-refractivity contribution in [3.05, 3.63) is 24.3 Å². The van der Waals surface area contributed by atoms with E-state index in [9.17, 15) is 15.0 Å². The number of nitrogens with one attached hydrogen (secondary N) is 1. The van der Waals surface area contributed by atoms with Crippen LogP contribution in [0.1, 0.15) is 200 Å². The zero-order valence-corrected chi connectivity index (χ0v) is 29.0. The van der Waals surface area contributed by atoms with Gasteiger partial charge in [-0.15, -0.1) is 0 Å². The minimum absolute atomic E-state index is 0.0738. The van der Waals surface area contributed by atoms with Gasteiger partial charge in [0.25, 0.3) is 0 Å². The van der Waals surface area contributed by atoms with Gasteiger partial charge in [0.05, 0.1) is 18.8 Å². The normalized spacial score (nSPS) is 13.3. The van der Waals surface area contributed by atoms with E-state index < -0.39 is 12.1 Å². The van der Waals surface area contributed by atoms with Crippen molar-refractivity contribution >= 4 is 5.91 Å². The number of allylic oxidation sites excluding steroid dienone is 3. The van der Waals surface area contributed by atoms with Gasteiger partial charge < -0.3 is 15.5 Å². The fraction of sp³-hybridized carbons (Fsp3) is 0.872. The van der Waals surface area contributed by atoms with E-state index in [1.807, 2.05) is 6.08 Å². The summed E-state index contributed by atoms with van der Waals surface area (Å²) in [7, 11) is 0. The van der Waals surface area contributed by atoms with Crippen molar-refractivity contribution in [2.45, 2.75) is 212 Å². The molecule has 0 bridgehead atoms. The Labute approximate surface area is 269 Å². The molecule has 3 N–H and O–H groups in total. The predicted octanol–water partition coefficient (Wildman–Crippen LogP) is 11.3. The van der Waals surface area contributed by atoms with Gasteiger partial charge in [0, 0.05) is 6.42 Å². The van der Waals surface area contributed by atoms with Crippen LogP contribution in [0.4, 0.5) is 0 Å². The molecule has 0 fully saturated rings. The van der Waals surface area contributed by atoms with Gasteiger partial charge in [-0.05, 0) is 32.1 Å². The molecule has 0 aliphatic rings. The average Bonchev–Trinajstić information content (AvgIpc) is 3.01. The number of aliphatic hydroxyl groups excluding tert-OH is 2. The highest BCUT2D eigenvalue weighted by molar-refractivity contribution is 5.76. The van der Waals surface area contributed by atoms with Gasteiger partial charge in [0.2, 0.25) is 5.91 Å². The highest BCUT2D eigenvalue weighted by atomic mass is 16.3. The van der Waals surface area contributed by atoms with Crippen molar-refractivity contribution in [3.63, 3.8) is 0 Å². The minimum Gasteiger partial charge on any atom is -0.394 e. The van der Waals surface area contributed by atoms with E-state index in [1.165, 1.54) is 148 Å². The van der Waals surface area contributed by atoms with E-state index in [2.05, 4.69) is 31.3 Å². The van der Waals surface area contributed by atoms with Crippen LogP contribution in [-0.2, 0) is 4.79 Å². The molecule has 0 rings (SSSR count). The Kier molecular flexibility index (Phi) is 34.4. The maximum absolute atomic E-state index is 12.3. The van der Waals surface area contributed by atoms with Crippen LogP contribution in [0, 0.1) is 0 Å². The molecule has 254 valence electrons. The maximum atomic E-state index is 12.3. The lowest BCUT2D eigenvalue weighted by Gasteiger charge is -2.19. The largest absolute Gasteiger partial charge is 0.394 e. The Morgan fingerprint density at radius 3 is 1.35 bits per heavy atom. The SMILES string of the molecule is CCCCCC/C=C/CC/C=C/[C@@H](O)[C@H](CO)NC(=O)CCCCCCCCCCCCCCCCCCCCCCC. The number of hydrogen-bond donors (Lipinski definition) is 3. The molecule has 4 heteroatoms. The van der Waals surface area contributed by atoms with Crippen LogP contribution in [0.2, 0.25) is 0 Å². The van der Waals surface area contributed by atoms with Crippen molar-refractivity contribution < 1.29 is 15.0 Å². The van der Waals surface area contributed by atoms with Crippen LogP contribution >= 0.6 is 0 Å². The van der Waals surface area contributed by atoms with Gasteiger partial charge in [-0.3, -0.25) is 4.79 Å². The van der Waals surface area contributed by atoms with Crippen molar-refractivity contribution in [1.82, 2.24) is 5.32 Å². The predicted molar refractivity (Wildman–Crippen MR) is 189 cm³/mol. The second-order valence-electron chi connectivity index (χ2n) is 13.0. The molecular weight excluding hydrogens is 530 g/mol. The van der Waals surface area contributed by atoms with Crippen LogP contribution < -0.4 is 5.32 Å². The number of rotatable bonds is 34. The van der Waals surface area contributed by atoms with E-state index in [1.54, 1.807) is 6.08 Å². The van der Waals surface area contributed by atoms with E-state index >= 15 is 0 Å². The van der Waals surface area contributed by atoms with Crippen LogP contribution in [0.15, 0.2) is 24.3 Å². The van der Waals surface area contributed by atoms with Gasteiger partial charge >= 0.3 is 0 Å². The molecule has 0 aromatic heterocycles. The van der Waals surface area contributed by atoms with Crippen LogP contribution in [0.3, 0.4) is 0 Å². The second-order valence-corrected chi connectivity index (χ2v) is 13.0. The topological polar surface area (TPSA) is 69.6 Å². The number of carbonyl (C=O) groups is 1. The molecule has 0 unspecified atom stereocenters. The second kappa shape index (κ2) is 35.4. The zero-order valence-electron chi connectivity index (χ0n) is 29.0. The van der Waals surface area contributed by atoms with Gasteiger partial charge in [0.1, 0.15) is 0 Å². The summed E-state index contributed by atoms with van der Waals surface area (Å²) in [6, 6.07) is -0.632. The number of carbonyl (C=O) groups excluding carboxylic acids is 1. The molecule has 43 heavy (non-hydrogen) atoms. The molecule has 2 atom stereocenters. The quantitative estimate of drug-likeness (QED) is 0.0505. The Balaban J connectivity index is 3.53. The molecule has 4 nitrogen and oxygen atoms in total. The van der Waals surface area contributed by atoms with Gasteiger partial charge in [0.15, 0.2) is 0 Å². The van der Waals surface area contributed by atoms with Gasteiger partial charge in [-0.1, -0.05) is 186 Å². The smallest absolute Gasteiger partial charge is 0.220 e. The van der Waals surface area contributed by atoms with E-state index in [4.69, 9.17) is 0 Å². The highest BCUT2D eigenvalue weighted by Crippen LogP contribution is 2.15. The molecule has 0 spiro atoms. The minimum atomic E-state index is -0.855. The zero-order chi connectivity index (χ0) is 31.5. The maximum Gasteiger partial charge on any atom is 0.220 e. The summed E-state index contributed by atoms with van der Waals surface area (Å²) < 4.78 is 0. The summed E-state index contributed by atoms with van der Waals surface area (Å²) in [6.07, 6.45) is 44.2. The average molecular weight is 606 g/mol. The third-order valence-corrected chi connectivity index (χ3v) is 8.69. The number of amides is 1. The third-order valence-electron chi connectivity index (χ3n) is 8.69.